The second kappa shape index (κ2) is 9.79. The number of sulfone groups is 1. The number of hydrogen-bond donors (Lipinski definition) is 1. The molecule has 168 valence electrons. The molecule has 1 heterocycles. The van der Waals surface area contributed by atoms with Crippen LogP contribution in [0.25, 0.3) is 22.9 Å². The lowest BCUT2D eigenvalue weighted by atomic mass is 10.1. The molecule has 4 rings (SSSR count). The second-order valence-corrected chi connectivity index (χ2v) is 9.71. The normalized spacial score (nSPS) is 11.3. The molecule has 0 aliphatic rings. The van der Waals surface area contributed by atoms with E-state index in [9.17, 15) is 13.2 Å². The molecule has 8 heteroatoms. The van der Waals surface area contributed by atoms with E-state index in [4.69, 9.17) is 4.42 Å². The number of benzene rings is 3. The Kier molecular flexibility index (Phi) is 6.65. The van der Waals surface area contributed by atoms with E-state index < -0.39 is 9.84 Å². The van der Waals surface area contributed by atoms with E-state index in [0.717, 1.165) is 11.1 Å². The maximum atomic E-state index is 12.4. The summed E-state index contributed by atoms with van der Waals surface area (Å²) < 4.78 is 30.4. The molecule has 0 fully saturated rings. The zero-order chi connectivity index (χ0) is 23.3. The Balaban J connectivity index is 1.32. The lowest BCUT2D eigenvalue weighted by molar-refractivity contribution is 0.0953. The maximum absolute atomic E-state index is 12.4. The number of carbonyl (C=O) groups is 1. The van der Waals surface area contributed by atoms with E-state index in [2.05, 4.69) is 15.5 Å². The van der Waals surface area contributed by atoms with Gasteiger partial charge in [0.15, 0.2) is 9.84 Å². The summed E-state index contributed by atoms with van der Waals surface area (Å²) in [5.74, 6) is 0.492. The predicted octanol–water partition coefficient (Wildman–Crippen LogP) is 4.31. The van der Waals surface area contributed by atoms with Crippen molar-refractivity contribution in [2.24, 2.45) is 0 Å². The van der Waals surface area contributed by atoms with Gasteiger partial charge in [-0.05, 0) is 61.9 Å². The minimum Gasteiger partial charge on any atom is -0.416 e. The topological polar surface area (TPSA) is 102 Å². The quantitative estimate of drug-likeness (QED) is 0.393. The van der Waals surface area contributed by atoms with E-state index in [1.54, 1.807) is 54.6 Å². The van der Waals surface area contributed by atoms with Crippen molar-refractivity contribution in [2.45, 2.75) is 18.2 Å². The highest BCUT2D eigenvalue weighted by Gasteiger charge is 2.14. The van der Waals surface area contributed by atoms with Crippen molar-refractivity contribution in [1.29, 1.82) is 0 Å². The molecular formula is C25H23N3O4S. The molecular weight excluding hydrogens is 438 g/mol. The van der Waals surface area contributed by atoms with Crippen molar-refractivity contribution < 1.29 is 17.6 Å². The van der Waals surface area contributed by atoms with Gasteiger partial charge in [-0.25, -0.2) is 8.42 Å². The van der Waals surface area contributed by atoms with Gasteiger partial charge in [-0.1, -0.05) is 35.9 Å². The molecule has 4 aromatic rings. The molecule has 0 saturated heterocycles. The number of nitrogens with one attached hydrogen (secondary N) is 1. The summed E-state index contributed by atoms with van der Waals surface area (Å²) in [6, 6.07) is 22.9. The van der Waals surface area contributed by atoms with Crippen LogP contribution < -0.4 is 5.32 Å². The first-order chi connectivity index (χ1) is 15.9. The average Bonchev–Trinajstić information content (AvgIpc) is 3.33. The molecule has 1 aromatic heterocycles. The summed E-state index contributed by atoms with van der Waals surface area (Å²) in [5, 5.41) is 11.0. The fraction of sp³-hybridized carbons (Fsp3) is 0.160. The molecule has 33 heavy (non-hydrogen) atoms. The van der Waals surface area contributed by atoms with Gasteiger partial charge in [0.2, 0.25) is 11.8 Å². The summed E-state index contributed by atoms with van der Waals surface area (Å²) in [5.41, 5.74) is 3.11. The molecule has 0 unspecified atom stereocenters. The third-order valence-corrected chi connectivity index (χ3v) is 6.88. The molecule has 0 radical (unpaired) electrons. The van der Waals surface area contributed by atoms with Gasteiger partial charge in [-0.3, -0.25) is 4.79 Å². The molecule has 1 N–H and O–H groups in total. The van der Waals surface area contributed by atoms with Gasteiger partial charge in [0.1, 0.15) is 0 Å². The van der Waals surface area contributed by atoms with Crippen LogP contribution in [0.5, 0.6) is 0 Å². The number of rotatable bonds is 8. The van der Waals surface area contributed by atoms with Crippen LogP contribution >= 0.6 is 0 Å². The van der Waals surface area contributed by atoms with Crippen molar-refractivity contribution in [3.63, 3.8) is 0 Å². The van der Waals surface area contributed by atoms with Crippen LogP contribution in [-0.2, 0) is 9.84 Å². The first kappa shape index (κ1) is 22.4. The van der Waals surface area contributed by atoms with E-state index in [1.807, 2.05) is 31.2 Å². The predicted molar refractivity (Wildman–Crippen MR) is 125 cm³/mol. The highest BCUT2D eigenvalue weighted by molar-refractivity contribution is 7.91. The van der Waals surface area contributed by atoms with E-state index in [1.165, 1.54) is 0 Å². The van der Waals surface area contributed by atoms with Crippen LogP contribution in [0.4, 0.5) is 0 Å². The largest absolute Gasteiger partial charge is 0.416 e. The molecule has 1 amide bonds. The SMILES string of the molecule is Cc1cccc(-c2nnc(-c3ccc(C(=O)NCCCS(=O)(=O)c4ccccc4)cc3)o2)c1. The van der Waals surface area contributed by atoms with Gasteiger partial charge in [0.25, 0.3) is 5.91 Å². The minimum absolute atomic E-state index is 0.0311. The van der Waals surface area contributed by atoms with Crippen LogP contribution in [0.15, 0.2) is 88.2 Å². The van der Waals surface area contributed by atoms with Crippen LogP contribution in [0.2, 0.25) is 0 Å². The van der Waals surface area contributed by atoms with Crippen molar-refractivity contribution in [2.75, 3.05) is 12.3 Å². The Bertz CT molecular complexity index is 1350. The summed E-state index contributed by atoms with van der Waals surface area (Å²) in [7, 11) is -3.35. The summed E-state index contributed by atoms with van der Waals surface area (Å²) in [6.07, 6.45) is 0.324. The standard InChI is InChI=1S/C25H23N3O4S/c1-18-7-5-8-21(17-18)25-28-27-24(32-25)20-13-11-19(12-14-20)23(29)26-15-6-16-33(30,31)22-9-3-2-4-10-22/h2-5,7-14,17H,6,15-16H2,1H3,(H,26,29). The second-order valence-electron chi connectivity index (χ2n) is 7.60. The number of aryl methyl sites for hydroxylation is 1. The first-order valence-electron chi connectivity index (χ1n) is 10.5. The maximum Gasteiger partial charge on any atom is 0.251 e. The summed E-state index contributed by atoms with van der Waals surface area (Å²) in [4.78, 5) is 12.7. The number of aromatic nitrogens is 2. The number of carbonyl (C=O) groups excluding carboxylic acids is 1. The Morgan fingerprint density at radius 2 is 1.58 bits per heavy atom. The third kappa shape index (κ3) is 5.53. The highest BCUT2D eigenvalue weighted by Crippen LogP contribution is 2.24. The molecule has 0 aliphatic heterocycles. The van der Waals surface area contributed by atoms with E-state index in [-0.39, 0.29) is 18.2 Å². The van der Waals surface area contributed by atoms with Gasteiger partial charge in [-0.15, -0.1) is 10.2 Å². The number of hydrogen-bond acceptors (Lipinski definition) is 6. The van der Waals surface area contributed by atoms with Crippen molar-refractivity contribution >= 4 is 15.7 Å². The van der Waals surface area contributed by atoms with E-state index >= 15 is 0 Å². The fourth-order valence-corrected chi connectivity index (χ4v) is 4.64. The van der Waals surface area contributed by atoms with Gasteiger partial charge < -0.3 is 9.73 Å². The first-order valence-corrected chi connectivity index (χ1v) is 12.1. The lowest BCUT2D eigenvalue weighted by Gasteiger charge is -2.07. The number of nitrogens with zero attached hydrogens (tertiary/aromatic N) is 2. The van der Waals surface area contributed by atoms with Crippen LogP contribution in [0.1, 0.15) is 22.3 Å². The van der Waals surface area contributed by atoms with Gasteiger partial charge in [0, 0.05) is 23.2 Å². The lowest BCUT2D eigenvalue weighted by Crippen LogP contribution is -2.26. The van der Waals surface area contributed by atoms with Crippen molar-refractivity contribution in [1.82, 2.24) is 15.5 Å². The summed E-state index contributed by atoms with van der Waals surface area (Å²) >= 11 is 0. The van der Waals surface area contributed by atoms with Crippen molar-refractivity contribution in [3.05, 3.63) is 90.0 Å². The van der Waals surface area contributed by atoms with Gasteiger partial charge >= 0.3 is 0 Å². The third-order valence-electron chi connectivity index (χ3n) is 5.06. The minimum atomic E-state index is -3.35. The molecule has 7 nitrogen and oxygen atoms in total. The Hall–Kier alpha value is -3.78. The molecule has 0 aliphatic carbocycles. The van der Waals surface area contributed by atoms with E-state index in [0.29, 0.717) is 34.2 Å². The fourth-order valence-electron chi connectivity index (χ4n) is 3.31. The van der Waals surface area contributed by atoms with Crippen LogP contribution in [0.3, 0.4) is 0 Å². The molecule has 0 saturated carbocycles. The average molecular weight is 462 g/mol. The highest BCUT2D eigenvalue weighted by atomic mass is 32.2. The van der Waals surface area contributed by atoms with Gasteiger partial charge in [0.05, 0.1) is 10.6 Å². The van der Waals surface area contributed by atoms with Crippen molar-refractivity contribution in [3.8, 4) is 22.9 Å². The molecule has 3 aromatic carbocycles. The Labute approximate surface area is 192 Å². The molecule has 0 spiro atoms. The molecule has 0 bridgehead atoms. The smallest absolute Gasteiger partial charge is 0.251 e. The van der Waals surface area contributed by atoms with Crippen LogP contribution in [0, 0.1) is 6.92 Å². The monoisotopic (exact) mass is 461 g/mol. The Morgan fingerprint density at radius 3 is 2.27 bits per heavy atom. The summed E-state index contributed by atoms with van der Waals surface area (Å²) in [6.45, 7) is 2.25. The Morgan fingerprint density at radius 1 is 0.879 bits per heavy atom. The van der Waals surface area contributed by atoms with Gasteiger partial charge in [-0.2, -0.15) is 0 Å². The molecule has 0 atom stereocenters. The zero-order valence-corrected chi connectivity index (χ0v) is 18.9. The zero-order valence-electron chi connectivity index (χ0n) is 18.1. The van der Waals surface area contributed by atoms with Crippen LogP contribution in [-0.4, -0.2) is 36.8 Å². The number of amides is 1.